The lowest BCUT2D eigenvalue weighted by atomic mass is 10.3. The number of benzene rings is 1. The molecule has 0 bridgehead atoms. The largest absolute Gasteiger partial charge is 0.497 e. The summed E-state index contributed by atoms with van der Waals surface area (Å²) in [5.41, 5.74) is 0. The van der Waals surface area contributed by atoms with Crippen LogP contribution in [0.3, 0.4) is 0 Å². The molecule has 6 heteroatoms. The van der Waals surface area contributed by atoms with Crippen molar-refractivity contribution in [3.05, 3.63) is 18.2 Å². The van der Waals surface area contributed by atoms with E-state index in [1.165, 1.54) is 24.6 Å². The average molecular weight is 301 g/mol. The maximum atomic E-state index is 12.7. The van der Waals surface area contributed by atoms with Crippen LogP contribution >= 0.6 is 0 Å². The van der Waals surface area contributed by atoms with E-state index in [9.17, 15) is 8.42 Å². The van der Waals surface area contributed by atoms with Crippen LogP contribution in [-0.2, 0) is 10.0 Å². The first-order valence-corrected chi connectivity index (χ1v) is 8.17. The van der Waals surface area contributed by atoms with E-state index in [-0.39, 0.29) is 4.90 Å². The van der Waals surface area contributed by atoms with Crippen LogP contribution in [0.5, 0.6) is 11.5 Å². The number of sulfonamides is 1. The molecule has 0 aliphatic rings. The number of hydrogen-bond donors (Lipinski definition) is 0. The van der Waals surface area contributed by atoms with Crippen LogP contribution in [0.15, 0.2) is 23.1 Å². The van der Waals surface area contributed by atoms with Crippen molar-refractivity contribution in [1.82, 2.24) is 4.31 Å². The summed E-state index contributed by atoms with van der Waals surface area (Å²) in [6, 6.07) is 4.75. The molecule has 1 aromatic rings. The second kappa shape index (κ2) is 7.50. The third-order valence-electron chi connectivity index (χ3n) is 2.93. The summed E-state index contributed by atoms with van der Waals surface area (Å²) in [6.07, 6.45) is 1.55. The minimum Gasteiger partial charge on any atom is -0.497 e. The second-order valence-corrected chi connectivity index (χ2v) is 6.33. The molecule has 0 aromatic heterocycles. The minimum absolute atomic E-state index is 0.183. The van der Waals surface area contributed by atoms with Crippen LogP contribution in [0.25, 0.3) is 0 Å². The average Bonchev–Trinajstić information content (AvgIpc) is 2.46. The van der Waals surface area contributed by atoms with E-state index in [1.54, 1.807) is 12.1 Å². The van der Waals surface area contributed by atoms with Crippen molar-refractivity contribution < 1.29 is 17.9 Å². The molecule has 0 fully saturated rings. The van der Waals surface area contributed by atoms with Gasteiger partial charge in [-0.05, 0) is 25.0 Å². The molecule has 1 aromatic carbocycles. The van der Waals surface area contributed by atoms with E-state index >= 15 is 0 Å². The molecule has 0 saturated carbocycles. The first-order chi connectivity index (χ1) is 9.51. The van der Waals surface area contributed by atoms with E-state index in [0.717, 1.165) is 12.8 Å². The van der Waals surface area contributed by atoms with Gasteiger partial charge in [-0.2, -0.15) is 4.31 Å². The van der Waals surface area contributed by atoms with Gasteiger partial charge in [0, 0.05) is 19.2 Å². The molecule has 0 N–H and O–H groups in total. The van der Waals surface area contributed by atoms with Crippen LogP contribution in [-0.4, -0.2) is 40.0 Å². The van der Waals surface area contributed by atoms with Crippen molar-refractivity contribution in [2.75, 3.05) is 27.3 Å². The van der Waals surface area contributed by atoms with Crippen molar-refractivity contribution >= 4 is 10.0 Å². The van der Waals surface area contributed by atoms with Crippen molar-refractivity contribution in [3.8, 4) is 11.5 Å². The fraction of sp³-hybridized carbons (Fsp3) is 0.571. The Hall–Kier alpha value is -1.27. The van der Waals surface area contributed by atoms with Crippen molar-refractivity contribution in [2.24, 2.45) is 0 Å². The monoisotopic (exact) mass is 301 g/mol. The van der Waals surface area contributed by atoms with Gasteiger partial charge >= 0.3 is 0 Å². The summed E-state index contributed by atoms with van der Waals surface area (Å²) in [4.78, 5) is 0.183. The summed E-state index contributed by atoms with van der Waals surface area (Å²) in [5, 5.41) is 0. The third kappa shape index (κ3) is 3.64. The molecule has 0 aliphatic carbocycles. The Balaban J connectivity index is 3.25. The molecule has 0 atom stereocenters. The number of hydrogen-bond acceptors (Lipinski definition) is 4. The Morgan fingerprint density at radius 2 is 1.65 bits per heavy atom. The van der Waals surface area contributed by atoms with Gasteiger partial charge in [-0.3, -0.25) is 0 Å². The highest BCUT2D eigenvalue weighted by Crippen LogP contribution is 2.30. The molecule has 20 heavy (non-hydrogen) atoms. The predicted molar refractivity (Wildman–Crippen MR) is 78.9 cm³/mol. The van der Waals surface area contributed by atoms with E-state index < -0.39 is 10.0 Å². The van der Waals surface area contributed by atoms with Gasteiger partial charge in [0.2, 0.25) is 10.0 Å². The van der Waals surface area contributed by atoms with Gasteiger partial charge in [0.1, 0.15) is 16.4 Å². The zero-order valence-electron chi connectivity index (χ0n) is 12.5. The van der Waals surface area contributed by atoms with Gasteiger partial charge in [0.15, 0.2) is 0 Å². The van der Waals surface area contributed by atoms with Crippen LogP contribution in [0.4, 0.5) is 0 Å². The number of nitrogens with zero attached hydrogens (tertiary/aromatic N) is 1. The zero-order chi connectivity index (χ0) is 15.2. The van der Waals surface area contributed by atoms with Crippen molar-refractivity contribution in [2.45, 2.75) is 31.6 Å². The Morgan fingerprint density at radius 1 is 1.05 bits per heavy atom. The fourth-order valence-electron chi connectivity index (χ4n) is 1.98. The van der Waals surface area contributed by atoms with Gasteiger partial charge in [0.05, 0.1) is 14.2 Å². The molecule has 0 saturated heterocycles. The van der Waals surface area contributed by atoms with Crippen LogP contribution in [0, 0.1) is 0 Å². The quantitative estimate of drug-likeness (QED) is 0.740. The second-order valence-electron chi connectivity index (χ2n) is 4.42. The SMILES string of the molecule is CCCN(CCC)S(=O)(=O)c1ccc(OC)cc1OC. The van der Waals surface area contributed by atoms with E-state index in [2.05, 4.69) is 0 Å². The topological polar surface area (TPSA) is 55.8 Å². The minimum atomic E-state index is -3.54. The van der Waals surface area contributed by atoms with E-state index in [4.69, 9.17) is 9.47 Å². The van der Waals surface area contributed by atoms with E-state index in [1.807, 2.05) is 13.8 Å². The lowest BCUT2D eigenvalue weighted by molar-refractivity contribution is 0.378. The highest BCUT2D eigenvalue weighted by Gasteiger charge is 2.26. The standard InChI is InChI=1S/C14H23NO4S/c1-5-9-15(10-6-2)20(16,17)14-8-7-12(18-3)11-13(14)19-4/h7-8,11H,5-6,9-10H2,1-4H3. The van der Waals surface area contributed by atoms with Gasteiger partial charge in [-0.15, -0.1) is 0 Å². The molecule has 0 aliphatic heterocycles. The summed E-state index contributed by atoms with van der Waals surface area (Å²) in [6.45, 7) is 4.93. The number of methoxy groups -OCH3 is 2. The normalized spacial score (nSPS) is 11.7. The van der Waals surface area contributed by atoms with Crippen LogP contribution < -0.4 is 9.47 Å². The molecule has 1 rings (SSSR count). The molecule has 0 heterocycles. The Morgan fingerprint density at radius 3 is 2.10 bits per heavy atom. The highest BCUT2D eigenvalue weighted by molar-refractivity contribution is 7.89. The van der Waals surface area contributed by atoms with Crippen molar-refractivity contribution in [3.63, 3.8) is 0 Å². The predicted octanol–water partition coefficient (Wildman–Crippen LogP) is 2.51. The Bertz CT molecular complexity index is 522. The molecular weight excluding hydrogens is 278 g/mol. The summed E-state index contributed by atoms with van der Waals surface area (Å²) in [7, 11) is -0.553. The maximum absolute atomic E-state index is 12.7. The van der Waals surface area contributed by atoms with Gasteiger partial charge in [-0.25, -0.2) is 8.42 Å². The lowest BCUT2D eigenvalue weighted by Crippen LogP contribution is -2.32. The molecule has 0 amide bonds. The van der Waals surface area contributed by atoms with Crippen molar-refractivity contribution in [1.29, 1.82) is 0 Å². The molecule has 114 valence electrons. The van der Waals surface area contributed by atoms with Gasteiger partial charge < -0.3 is 9.47 Å². The molecule has 0 radical (unpaired) electrons. The Labute approximate surface area is 121 Å². The fourth-order valence-corrected chi connectivity index (χ4v) is 3.74. The summed E-state index contributed by atoms with van der Waals surface area (Å²) < 4.78 is 37.2. The lowest BCUT2D eigenvalue weighted by Gasteiger charge is -2.22. The molecule has 0 unspecified atom stereocenters. The summed E-state index contributed by atoms with van der Waals surface area (Å²) in [5.74, 6) is 0.875. The smallest absolute Gasteiger partial charge is 0.246 e. The van der Waals surface area contributed by atoms with Crippen LogP contribution in [0.2, 0.25) is 0 Å². The zero-order valence-corrected chi connectivity index (χ0v) is 13.4. The highest BCUT2D eigenvalue weighted by atomic mass is 32.2. The first-order valence-electron chi connectivity index (χ1n) is 6.73. The first kappa shape index (κ1) is 16.8. The number of ether oxygens (including phenoxy) is 2. The maximum Gasteiger partial charge on any atom is 0.246 e. The molecule has 5 nitrogen and oxygen atoms in total. The molecule has 0 spiro atoms. The number of rotatable bonds is 8. The van der Waals surface area contributed by atoms with E-state index in [0.29, 0.717) is 24.6 Å². The third-order valence-corrected chi connectivity index (χ3v) is 4.87. The molecular formula is C14H23NO4S. The van der Waals surface area contributed by atoms with Gasteiger partial charge in [-0.1, -0.05) is 13.8 Å². The summed E-state index contributed by atoms with van der Waals surface area (Å²) >= 11 is 0. The van der Waals surface area contributed by atoms with Gasteiger partial charge in [0.25, 0.3) is 0 Å². The van der Waals surface area contributed by atoms with Crippen LogP contribution in [0.1, 0.15) is 26.7 Å². The Kier molecular flexibility index (Phi) is 6.29.